The molecule has 0 amide bonds. The molecule has 0 aromatic carbocycles. The number of hydrogen-bond acceptors (Lipinski definition) is 3. The fourth-order valence-corrected chi connectivity index (χ4v) is 10.8. The topological polar surface area (TPSA) is 50.9 Å². The Morgan fingerprint density at radius 1 is 1.05 bits per heavy atom. The van der Waals surface area contributed by atoms with Crippen LogP contribution in [0.4, 0.5) is 0 Å². The van der Waals surface area contributed by atoms with Crippen molar-refractivity contribution < 1.29 is 5.11 Å². The summed E-state index contributed by atoms with van der Waals surface area (Å²) in [6, 6.07) is 2.07. The van der Waals surface area contributed by atoms with Crippen LogP contribution in [0.1, 0.15) is 47.2 Å². The Bertz CT molecular complexity index is 597. The second-order valence-corrected chi connectivity index (χ2v) is 12.5. The molecule has 0 aliphatic rings. The number of aliphatic hydroxyl groups is 1. The largest absolute Gasteiger partial charge is 0.390 e. The minimum Gasteiger partial charge on any atom is -0.390 e. The Hall–Kier alpha value is -1.20. The molecule has 2 rings (SSSR count). The molecule has 0 radical (unpaired) electrons. The lowest BCUT2D eigenvalue weighted by Crippen LogP contribution is -2.51. The Labute approximate surface area is 128 Å². The number of hydrogen-bond donors (Lipinski definition) is 1. The van der Waals surface area contributed by atoms with E-state index in [1.54, 1.807) is 6.33 Å². The van der Waals surface area contributed by atoms with Crippen LogP contribution in [-0.4, -0.2) is 27.5 Å². The van der Waals surface area contributed by atoms with Gasteiger partial charge >= 0.3 is 0 Å². The first-order valence-electron chi connectivity index (χ1n) is 7.79. The van der Waals surface area contributed by atoms with E-state index >= 15 is 0 Å². The summed E-state index contributed by atoms with van der Waals surface area (Å²) >= 11 is 0. The summed E-state index contributed by atoms with van der Waals surface area (Å²) in [6.45, 7) is 14.0. The number of rotatable bonds is 5. The molecule has 2 aromatic heterocycles. The maximum atomic E-state index is 9.49. The van der Waals surface area contributed by atoms with Gasteiger partial charge in [-0.05, 0) is 28.9 Å². The van der Waals surface area contributed by atoms with Gasteiger partial charge in [-0.3, -0.25) is 0 Å². The minimum atomic E-state index is -1.81. The summed E-state index contributed by atoms with van der Waals surface area (Å²) in [5, 5.41) is 10.5. The average Bonchev–Trinajstić information content (AvgIpc) is 2.82. The average molecular weight is 305 g/mol. The summed E-state index contributed by atoms with van der Waals surface area (Å²) in [7, 11) is -1.81. The monoisotopic (exact) mass is 305 g/mol. The predicted octanol–water partition coefficient (Wildman–Crippen LogP) is 3.95. The third kappa shape index (κ3) is 2.32. The Morgan fingerprint density at radius 3 is 2.10 bits per heavy atom. The summed E-state index contributed by atoms with van der Waals surface area (Å²) in [6.07, 6.45) is 3.75. The molecule has 4 nitrogen and oxygen atoms in total. The maximum absolute atomic E-state index is 9.49. The van der Waals surface area contributed by atoms with Crippen LogP contribution in [-0.2, 0) is 6.61 Å². The molecule has 2 aromatic rings. The molecule has 21 heavy (non-hydrogen) atoms. The molecular weight excluding hydrogens is 278 g/mol. The SMILES string of the molecule is CC(C)[Si](C(C)C)(C(C)C)n1ccc2c(CO)ncnc21. The van der Waals surface area contributed by atoms with Crippen molar-refractivity contribution in [3.05, 3.63) is 24.3 Å². The van der Waals surface area contributed by atoms with Crippen molar-refractivity contribution in [1.82, 2.24) is 14.2 Å². The molecule has 0 atom stereocenters. The second kappa shape index (κ2) is 5.89. The van der Waals surface area contributed by atoms with Gasteiger partial charge in [0.25, 0.3) is 0 Å². The van der Waals surface area contributed by atoms with Crippen LogP contribution in [0.15, 0.2) is 18.6 Å². The van der Waals surface area contributed by atoms with E-state index in [-0.39, 0.29) is 6.61 Å². The van der Waals surface area contributed by atoms with Gasteiger partial charge in [-0.2, -0.15) is 0 Å². The quantitative estimate of drug-likeness (QED) is 0.851. The fourth-order valence-electron chi connectivity index (χ4n) is 4.28. The van der Waals surface area contributed by atoms with Gasteiger partial charge in [0.1, 0.15) is 12.0 Å². The van der Waals surface area contributed by atoms with E-state index in [1.807, 2.05) is 0 Å². The standard InChI is InChI=1S/C16H27N3OSi/c1-11(2)21(12(3)4,13(5)6)19-8-7-14-15(9-20)17-10-18-16(14)19/h7-8,10-13,20H,9H2,1-6H3. The van der Waals surface area contributed by atoms with E-state index in [0.29, 0.717) is 16.6 Å². The highest BCUT2D eigenvalue weighted by molar-refractivity contribution is 6.82. The second-order valence-electron chi connectivity index (χ2n) is 6.75. The van der Waals surface area contributed by atoms with E-state index in [0.717, 1.165) is 16.7 Å². The zero-order chi connectivity index (χ0) is 15.8. The number of fused-ring (bicyclic) bond motifs is 1. The summed E-state index contributed by atoms with van der Waals surface area (Å²) < 4.78 is 2.45. The molecule has 0 aliphatic carbocycles. The van der Waals surface area contributed by atoms with E-state index in [2.05, 4.69) is 68.0 Å². The molecule has 0 saturated heterocycles. The van der Waals surface area contributed by atoms with Crippen LogP contribution >= 0.6 is 0 Å². The molecule has 116 valence electrons. The highest BCUT2D eigenvalue weighted by atomic mass is 28.3. The third-order valence-electron chi connectivity index (χ3n) is 4.91. The Balaban J connectivity index is 2.78. The van der Waals surface area contributed by atoms with Crippen molar-refractivity contribution in [2.75, 3.05) is 0 Å². The Kier molecular flexibility index (Phi) is 4.53. The highest BCUT2D eigenvalue weighted by Gasteiger charge is 2.46. The van der Waals surface area contributed by atoms with Gasteiger partial charge in [0, 0.05) is 5.39 Å². The van der Waals surface area contributed by atoms with Gasteiger partial charge in [0.15, 0.2) is 8.24 Å². The highest BCUT2D eigenvalue weighted by Crippen LogP contribution is 2.43. The first-order chi connectivity index (χ1) is 9.87. The maximum Gasteiger partial charge on any atom is 0.171 e. The first kappa shape index (κ1) is 16.2. The van der Waals surface area contributed by atoms with Crippen LogP contribution in [0.3, 0.4) is 0 Å². The van der Waals surface area contributed by atoms with Crippen molar-refractivity contribution in [3.63, 3.8) is 0 Å². The van der Waals surface area contributed by atoms with Crippen molar-refractivity contribution in [2.45, 2.75) is 64.8 Å². The predicted molar refractivity (Wildman–Crippen MR) is 89.9 cm³/mol. The molecule has 0 spiro atoms. The molecule has 0 saturated carbocycles. The molecule has 0 aliphatic heterocycles. The van der Waals surface area contributed by atoms with Crippen molar-refractivity contribution in [3.8, 4) is 0 Å². The van der Waals surface area contributed by atoms with E-state index in [1.165, 1.54) is 0 Å². The van der Waals surface area contributed by atoms with E-state index in [9.17, 15) is 5.11 Å². The van der Waals surface area contributed by atoms with E-state index < -0.39 is 8.24 Å². The lowest BCUT2D eigenvalue weighted by Gasteiger charge is -2.44. The van der Waals surface area contributed by atoms with Gasteiger partial charge in [-0.1, -0.05) is 41.5 Å². The summed E-state index contributed by atoms with van der Waals surface area (Å²) in [5.41, 5.74) is 3.54. The lowest BCUT2D eigenvalue weighted by molar-refractivity contribution is 0.278. The van der Waals surface area contributed by atoms with Crippen LogP contribution in [0, 0.1) is 0 Å². The number of aliphatic hydroxyl groups excluding tert-OH is 1. The molecule has 5 heteroatoms. The van der Waals surface area contributed by atoms with E-state index in [4.69, 9.17) is 0 Å². The summed E-state index contributed by atoms with van der Waals surface area (Å²) in [4.78, 5) is 8.73. The van der Waals surface area contributed by atoms with Gasteiger partial charge < -0.3 is 9.34 Å². The van der Waals surface area contributed by atoms with Crippen molar-refractivity contribution in [1.29, 1.82) is 0 Å². The van der Waals surface area contributed by atoms with Crippen LogP contribution in [0.25, 0.3) is 11.0 Å². The molecule has 0 unspecified atom stereocenters. The van der Waals surface area contributed by atoms with Gasteiger partial charge in [-0.25, -0.2) is 9.97 Å². The third-order valence-corrected chi connectivity index (χ3v) is 11.7. The molecule has 0 bridgehead atoms. The van der Waals surface area contributed by atoms with Crippen LogP contribution in [0.5, 0.6) is 0 Å². The minimum absolute atomic E-state index is 0.0391. The van der Waals surface area contributed by atoms with Gasteiger partial charge in [0.05, 0.1) is 12.3 Å². The first-order valence-corrected chi connectivity index (χ1v) is 9.97. The van der Waals surface area contributed by atoms with Crippen LogP contribution in [0.2, 0.25) is 16.6 Å². The smallest absolute Gasteiger partial charge is 0.171 e. The zero-order valence-corrected chi connectivity index (χ0v) is 15.0. The van der Waals surface area contributed by atoms with Gasteiger partial charge in [-0.15, -0.1) is 0 Å². The molecular formula is C16H27N3OSi. The molecule has 2 heterocycles. The molecule has 1 N–H and O–H groups in total. The van der Waals surface area contributed by atoms with Gasteiger partial charge in [0.2, 0.25) is 0 Å². The van der Waals surface area contributed by atoms with Crippen LogP contribution < -0.4 is 0 Å². The number of nitrogens with zero attached hydrogens (tertiary/aromatic N) is 3. The zero-order valence-electron chi connectivity index (χ0n) is 14.0. The fraction of sp³-hybridized carbons (Fsp3) is 0.625. The summed E-state index contributed by atoms with van der Waals surface area (Å²) in [5.74, 6) is 0. The van der Waals surface area contributed by atoms with Crippen molar-refractivity contribution >= 4 is 19.3 Å². The lowest BCUT2D eigenvalue weighted by atomic mass is 10.3. The number of aromatic nitrogens is 3. The normalized spacial score (nSPS) is 13.0. The molecule has 0 fully saturated rings. The Morgan fingerprint density at radius 2 is 1.62 bits per heavy atom. The van der Waals surface area contributed by atoms with Crippen molar-refractivity contribution in [2.24, 2.45) is 0 Å².